The first-order valence-electron chi connectivity index (χ1n) is 9.82. The topological polar surface area (TPSA) is 78.8 Å². The maximum atomic E-state index is 12.5. The number of anilines is 1. The van der Waals surface area contributed by atoms with Gasteiger partial charge in [0.15, 0.2) is 5.65 Å². The third-order valence-corrected chi connectivity index (χ3v) is 5.30. The van der Waals surface area contributed by atoms with Crippen molar-refractivity contribution >= 4 is 17.0 Å². The predicted molar refractivity (Wildman–Crippen MR) is 113 cm³/mol. The van der Waals surface area contributed by atoms with Crippen LogP contribution in [-0.2, 0) is 6.54 Å². The Morgan fingerprint density at radius 2 is 1.83 bits per heavy atom. The lowest BCUT2D eigenvalue weighted by atomic mass is 10.2. The van der Waals surface area contributed by atoms with Crippen molar-refractivity contribution in [1.82, 2.24) is 24.6 Å². The summed E-state index contributed by atoms with van der Waals surface area (Å²) in [6.45, 7) is 2.86. The number of fused-ring (bicyclic) bond motifs is 1. The zero-order valence-corrected chi connectivity index (χ0v) is 16.0. The molecule has 0 amide bonds. The molecule has 2 N–H and O–H groups in total. The summed E-state index contributed by atoms with van der Waals surface area (Å²) in [5.41, 5.74) is 2.56. The molecule has 0 bridgehead atoms. The van der Waals surface area contributed by atoms with Gasteiger partial charge in [0.05, 0.1) is 11.9 Å². The van der Waals surface area contributed by atoms with Crippen LogP contribution in [0, 0.1) is 0 Å². The Balaban J connectivity index is 1.35. The number of para-hydroxylation sites is 1. The van der Waals surface area contributed by atoms with E-state index in [0.717, 1.165) is 31.7 Å². The fourth-order valence-corrected chi connectivity index (χ4v) is 3.87. The second-order valence-corrected chi connectivity index (χ2v) is 7.39. The molecule has 1 atom stereocenters. The number of benzene rings is 2. The molecule has 1 aliphatic heterocycles. The first-order chi connectivity index (χ1) is 14.3. The van der Waals surface area contributed by atoms with E-state index in [0.29, 0.717) is 17.0 Å². The van der Waals surface area contributed by atoms with Crippen LogP contribution in [-0.4, -0.2) is 43.8 Å². The molecule has 3 heterocycles. The summed E-state index contributed by atoms with van der Waals surface area (Å²) in [5.74, 6) is 0.492. The highest BCUT2D eigenvalue weighted by molar-refractivity contribution is 5.76. The molecule has 0 saturated carbocycles. The Morgan fingerprint density at radius 1 is 1.07 bits per heavy atom. The standard InChI is InChI=1S/C22H22N6O/c29-21-19-13-23-28(18-9-5-2-6-10-18)20(19)25-22(26-21)24-17-11-12-27(15-17)14-16-7-3-1-4-8-16/h1-10,13,17H,11-12,14-15H2,(H2,24,25,26,29). The highest BCUT2D eigenvalue weighted by Crippen LogP contribution is 2.18. The molecule has 5 rings (SSSR count). The molecule has 1 aliphatic rings. The monoisotopic (exact) mass is 386 g/mol. The third-order valence-electron chi connectivity index (χ3n) is 5.30. The van der Waals surface area contributed by atoms with Crippen LogP contribution in [0.25, 0.3) is 16.7 Å². The Morgan fingerprint density at radius 3 is 2.62 bits per heavy atom. The fraction of sp³-hybridized carbons (Fsp3) is 0.227. The van der Waals surface area contributed by atoms with E-state index >= 15 is 0 Å². The van der Waals surface area contributed by atoms with Gasteiger partial charge in [-0.3, -0.25) is 14.7 Å². The molecule has 0 radical (unpaired) electrons. The van der Waals surface area contributed by atoms with Crippen molar-refractivity contribution in [3.63, 3.8) is 0 Å². The van der Waals surface area contributed by atoms with E-state index in [1.54, 1.807) is 10.9 Å². The van der Waals surface area contributed by atoms with Gasteiger partial charge < -0.3 is 5.32 Å². The number of H-pyrrole nitrogens is 1. The summed E-state index contributed by atoms with van der Waals surface area (Å²) in [7, 11) is 0. The number of rotatable bonds is 5. The quantitative estimate of drug-likeness (QED) is 0.551. The van der Waals surface area contributed by atoms with Crippen molar-refractivity contribution in [3.05, 3.63) is 82.8 Å². The maximum absolute atomic E-state index is 12.5. The molecule has 1 fully saturated rings. The van der Waals surface area contributed by atoms with Crippen molar-refractivity contribution in [1.29, 1.82) is 0 Å². The zero-order valence-electron chi connectivity index (χ0n) is 16.0. The van der Waals surface area contributed by atoms with Crippen LogP contribution >= 0.6 is 0 Å². The van der Waals surface area contributed by atoms with Gasteiger partial charge in [0.2, 0.25) is 5.95 Å². The second-order valence-electron chi connectivity index (χ2n) is 7.39. The molecule has 146 valence electrons. The van der Waals surface area contributed by atoms with Crippen molar-refractivity contribution in [2.24, 2.45) is 0 Å². The van der Waals surface area contributed by atoms with Gasteiger partial charge in [-0.25, -0.2) is 4.68 Å². The van der Waals surface area contributed by atoms with Gasteiger partial charge in [0.1, 0.15) is 5.39 Å². The van der Waals surface area contributed by atoms with Crippen molar-refractivity contribution in [2.75, 3.05) is 18.4 Å². The SMILES string of the molecule is O=c1[nH]c(NC2CCN(Cc3ccccc3)C2)nc2c1cnn2-c1ccccc1. The lowest BCUT2D eigenvalue weighted by molar-refractivity contribution is 0.328. The Bertz CT molecular complexity index is 1170. The largest absolute Gasteiger partial charge is 0.352 e. The van der Waals surface area contributed by atoms with Crippen molar-refractivity contribution in [2.45, 2.75) is 19.0 Å². The first-order valence-corrected chi connectivity index (χ1v) is 9.82. The molecule has 29 heavy (non-hydrogen) atoms. The van der Waals surface area contributed by atoms with Crippen LogP contribution < -0.4 is 10.9 Å². The van der Waals surface area contributed by atoms with E-state index in [1.165, 1.54) is 5.56 Å². The number of nitrogens with zero attached hydrogens (tertiary/aromatic N) is 4. The van der Waals surface area contributed by atoms with Crippen LogP contribution in [0.4, 0.5) is 5.95 Å². The number of likely N-dealkylation sites (tertiary alicyclic amines) is 1. The minimum absolute atomic E-state index is 0.182. The van der Waals surface area contributed by atoms with E-state index in [2.05, 4.69) is 49.5 Å². The Labute approximate surface area is 168 Å². The normalized spacial score (nSPS) is 17.0. The zero-order chi connectivity index (χ0) is 19.6. The van der Waals surface area contributed by atoms with Crippen LogP contribution in [0.15, 0.2) is 71.7 Å². The van der Waals surface area contributed by atoms with Gasteiger partial charge in [0, 0.05) is 25.7 Å². The molecule has 0 spiro atoms. The number of aromatic amines is 1. The fourth-order valence-electron chi connectivity index (χ4n) is 3.87. The molecule has 7 nitrogen and oxygen atoms in total. The van der Waals surface area contributed by atoms with E-state index in [-0.39, 0.29) is 11.6 Å². The highest BCUT2D eigenvalue weighted by Gasteiger charge is 2.23. The number of nitrogens with one attached hydrogen (secondary N) is 2. The average Bonchev–Trinajstić information content (AvgIpc) is 3.37. The van der Waals surface area contributed by atoms with Gasteiger partial charge in [-0.05, 0) is 24.1 Å². The lowest BCUT2D eigenvalue weighted by Crippen LogP contribution is -2.27. The van der Waals surface area contributed by atoms with Crippen molar-refractivity contribution in [3.8, 4) is 5.69 Å². The summed E-state index contributed by atoms with van der Waals surface area (Å²) >= 11 is 0. The molecule has 4 aromatic rings. The smallest absolute Gasteiger partial charge is 0.263 e. The Kier molecular flexibility index (Phi) is 4.57. The summed E-state index contributed by atoms with van der Waals surface area (Å²) in [5, 5.41) is 8.25. The van der Waals surface area contributed by atoms with E-state index in [9.17, 15) is 4.79 Å². The minimum Gasteiger partial charge on any atom is -0.352 e. The van der Waals surface area contributed by atoms with Gasteiger partial charge in [0.25, 0.3) is 5.56 Å². The van der Waals surface area contributed by atoms with Crippen LogP contribution in [0.5, 0.6) is 0 Å². The number of aromatic nitrogens is 4. The molecule has 2 aromatic carbocycles. The molecule has 7 heteroatoms. The Hall–Kier alpha value is -3.45. The summed E-state index contributed by atoms with van der Waals surface area (Å²) in [6.07, 6.45) is 2.57. The van der Waals surface area contributed by atoms with Crippen LogP contribution in [0.1, 0.15) is 12.0 Å². The summed E-state index contributed by atoms with van der Waals surface area (Å²) < 4.78 is 1.70. The minimum atomic E-state index is -0.182. The molecular weight excluding hydrogens is 364 g/mol. The van der Waals surface area contributed by atoms with Gasteiger partial charge in [-0.15, -0.1) is 0 Å². The third kappa shape index (κ3) is 3.64. The predicted octanol–water partition coefficient (Wildman–Crippen LogP) is 2.80. The summed E-state index contributed by atoms with van der Waals surface area (Å²) in [4.78, 5) is 22.5. The molecule has 1 saturated heterocycles. The van der Waals surface area contributed by atoms with E-state index < -0.39 is 0 Å². The lowest BCUT2D eigenvalue weighted by Gasteiger charge is -2.17. The molecule has 2 aromatic heterocycles. The van der Waals surface area contributed by atoms with Crippen LogP contribution in [0.3, 0.4) is 0 Å². The highest BCUT2D eigenvalue weighted by atomic mass is 16.1. The van der Waals surface area contributed by atoms with Crippen LogP contribution in [0.2, 0.25) is 0 Å². The van der Waals surface area contributed by atoms with E-state index in [4.69, 9.17) is 0 Å². The average molecular weight is 386 g/mol. The second kappa shape index (κ2) is 7.52. The van der Waals surface area contributed by atoms with E-state index in [1.807, 2.05) is 36.4 Å². The molecule has 0 aliphatic carbocycles. The molecule has 1 unspecified atom stereocenters. The van der Waals surface area contributed by atoms with Gasteiger partial charge >= 0.3 is 0 Å². The summed E-state index contributed by atoms with van der Waals surface area (Å²) in [6, 6.07) is 20.4. The number of hydrogen-bond donors (Lipinski definition) is 2. The molecular formula is C22H22N6O. The maximum Gasteiger partial charge on any atom is 0.263 e. The van der Waals surface area contributed by atoms with Crippen molar-refractivity contribution < 1.29 is 0 Å². The van der Waals surface area contributed by atoms with Gasteiger partial charge in [-0.2, -0.15) is 10.1 Å². The number of hydrogen-bond acceptors (Lipinski definition) is 5. The van der Waals surface area contributed by atoms with Gasteiger partial charge in [-0.1, -0.05) is 48.5 Å². The first kappa shape index (κ1) is 17.6.